The Kier molecular flexibility index (Phi) is 7.54. The van der Waals surface area contributed by atoms with Gasteiger partial charge in [0, 0.05) is 60.0 Å². The normalized spacial score (nSPS) is 11.9. The number of pyridine rings is 1. The molecule has 5 nitrogen and oxygen atoms in total. The first-order valence-corrected chi connectivity index (χ1v) is 20.8. The van der Waals surface area contributed by atoms with Gasteiger partial charge in [-0.2, -0.15) is 0 Å². The van der Waals surface area contributed by atoms with Crippen LogP contribution in [0.3, 0.4) is 0 Å². The van der Waals surface area contributed by atoms with Crippen LogP contribution in [0.2, 0.25) is 0 Å². The van der Waals surface area contributed by atoms with Crippen LogP contribution < -0.4 is 0 Å². The van der Waals surface area contributed by atoms with E-state index >= 15 is 0 Å². The van der Waals surface area contributed by atoms with Crippen molar-refractivity contribution in [1.29, 1.82) is 0 Å². The molecule has 0 radical (unpaired) electrons. The summed E-state index contributed by atoms with van der Waals surface area (Å²) in [5.41, 5.74) is 13.3. The highest BCUT2D eigenvalue weighted by atomic mass is 16.3. The van der Waals surface area contributed by atoms with Gasteiger partial charge in [0.05, 0.1) is 22.6 Å². The molecule has 288 valence electrons. The van der Waals surface area contributed by atoms with Gasteiger partial charge in [-0.25, -0.2) is 15.0 Å². The van der Waals surface area contributed by atoms with Gasteiger partial charge in [-0.05, 0) is 64.4 Å². The van der Waals surface area contributed by atoms with Crippen molar-refractivity contribution in [1.82, 2.24) is 15.0 Å². The van der Waals surface area contributed by atoms with Crippen molar-refractivity contribution < 1.29 is 8.83 Å². The Bertz CT molecular complexity index is 3920. The van der Waals surface area contributed by atoms with Gasteiger partial charge in [0.1, 0.15) is 22.3 Å². The van der Waals surface area contributed by atoms with Crippen LogP contribution in [0.4, 0.5) is 0 Å². The van der Waals surface area contributed by atoms with Gasteiger partial charge in [0.25, 0.3) is 0 Å². The minimum Gasteiger partial charge on any atom is -0.456 e. The molecule has 0 bridgehead atoms. The number of rotatable bonds is 5. The molecule has 0 fully saturated rings. The number of hydrogen-bond donors (Lipinski definition) is 0. The summed E-state index contributed by atoms with van der Waals surface area (Å²) in [6.45, 7) is 0. The lowest BCUT2D eigenvalue weighted by atomic mass is 9.93. The third-order valence-corrected chi connectivity index (χ3v) is 12.3. The van der Waals surface area contributed by atoms with Crippen molar-refractivity contribution in [3.63, 3.8) is 0 Å². The zero-order chi connectivity index (χ0) is 40.7. The lowest BCUT2D eigenvalue weighted by Gasteiger charge is -2.14. The molecule has 13 aromatic rings. The van der Waals surface area contributed by atoms with Crippen molar-refractivity contribution >= 4 is 76.3 Å². The van der Waals surface area contributed by atoms with Crippen molar-refractivity contribution in [3.05, 3.63) is 200 Å². The molecule has 5 heteroatoms. The summed E-state index contributed by atoms with van der Waals surface area (Å²) in [5, 5.41) is 9.73. The minimum absolute atomic E-state index is 0.667. The predicted molar refractivity (Wildman–Crippen MR) is 254 cm³/mol. The van der Waals surface area contributed by atoms with Gasteiger partial charge in [0.15, 0.2) is 5.82 Å². The maximum atomic E-state index is 6.81. The van der Waals surface area contributed by atoms with Gasteiger partial charge in [-0.15, -0.1) is 0 Å². The second kappa shape index (κ2) is 13.6. The first-order valence-electron chi connectivity index (χ1n) is 20.8. The van der Waals surface area contributed by atoms with Crippen molar-refractivity contribution in [2.45, 2.75) is 0 Å². The summed E-state index contributed by atoms with van der Waals surface area (Å²) in [5.74, 6) is 0.667. The highest BCUT2D eigenvalue weighted by Gasteiger charge is 2.20. The summed E-state index contributed by atoms with van der Waals surface area (Å²) in [6.07, 6.45) is 0. The van der Waals surface area contributed by atoms with Gasteiger partial charge in [-0.1, -0.05) is 158 Å². The molecule has 0 spiro atoms. The molecule has 13 rings (SSSR count). The molecule has 62 heavy (non-hydrogen) atoms. The molecule has 0 unspecified atom stereocenters. The van der Waals surface area contributed by atoms with E-state index in [1.165, 1.54) is 0 Å². The molecule has 4 aromatic heterocycles. The van der Waals surface area contributed by atoms with E-state index in [0.717, 1.165) is 127 Å². The Balaban J connectivity index is 0.993. The largest absolute Gasteiger partial charge is 0.456 e. The molecular formula is C57H33N3O2. The summed E-state index contributed by atoms with van der Waals surface area (Å²) >= 11 is 0. The third-order valence-electron chi connectivity index (χ3n) is 12.3. The Labute approximate surface area is 355 Å². The maximum absolute atomic E-state index is 6.81. The molecular weight excluding hydrogens is 759 g/mol. The second-order valence-corrected chi connectivity index (χ2v) is 15.8. The molecule has 0 saturated heterocycles. The van der Waals surface area contributed by atoms with E-state index in [1.807, 2.05) is 54.6 Å². The fourth-order valence-electron chi connectivity index (χ4n) is 9.46. The Morgan fingerprint density at radius 2 is 0.919 bits per heavy atom. The van der Waals surface area contributed by atoms with E-state index in [9.17, 15) is 0 Å². The highest BCUT2D eigenvalue weighted by Crippen LogP contribution is 2.44. The third kappa shape index (κ3) is 5.32. The topological polar surface area (TPSA) is 65.0 Å². The average molecular weight is 792 g/mol. The number of benzene rings is 9. The number of aromatic nitrogens is 3. The molecule has 0 amide bonds. The summed E-state index contributed by atoms with van der Waals surface area (Å²) in [7, 11) is 0. The quantitative estimate of drug-likeness (QED) is 0.162. The van der Waals surface area contributed by atoms with Crippen LogP contribution in [0, 0.1) is 0 Å². The van der Waals surface area contributed by atoms with Crippen LogP contribution >= 0.6 is 0 Å². The zero-order valence-corrected chi connectivity index (χ0v) is 33.2. The van der Waals surface area contributed by atoms with Gasteiger partial charge in [-0.3, -0.25) is 0 Å². The Morgan fingerprint density at radius 1 is 0.306 bits per heavy atom. The first kappa shape index (κ1) is 34.5. The number of para-hydroxylation sites is 2. The monoisotopic (exact) mass is 791 g/mol. The van der Waals surface area contributed by atoms with E-state index in [4.69, 9.17) is 23.8 Å². The average Bonchev–Trinajstić information content (AvgIpc) is 3.92. The fourth-order valence-corrected chi connectivity index (χ4v) is 9.46. The van der Waals surface area contributed by atoms with E-state index in [1.54, 1.807) is 0 Å². The lowest BCUT2D eigenvalue weighted by molar-refractivity contribution is 0.669. The fraction of sp³-hybridized carbons (Fsp3) is 0. The van der Waals surface area contributed by atoms with Gasteiger partial charge < -0.3 is 8.83 Å². The van der Waals surface area contributed by atoms with Crippen LogP contribution in [0.1, 0.15) is 0 Å². The molecule has 0 aliphatic heterocycles. The molecule has 0 N–H and O–H groups in total. The summed E-state index contributed by atoms with van der Waals surface area (Å²) < 4.78 is 13.1. The molecule has 0 aliphatic rings. The van der Waals surface area contributed by atoms with E-state index in [-0.39, 0.29) is 0 Å². The predicted octanol–water partition coefficient (Wildman–Crippen LogP) is 15.5. The Hall–Kier alpha value is -8.41. The molecule has 0 atom stereocenters. The van der Waals surface area contributed by atoms with Crippen LogP contribution in [0.25, 0.3) is 133 Å². The maximum Gasteiger partial charge on any atom is 0.160 e. The van der Waals surface area contributed by atoms with Gasteiger partial charge >= 0.3 is 0 Å². The minimum atomic E-state index is 0.667. The zero-order valence-electron chi connectivity index (χ0n) is 33.2. The van der Waals surface area contributed by atoms with Crippen molar-refractivity contribution in [3.8, 4) is 56.3 Å². The van der Waals surface area contributed by atoms with Crippen LogP contribution in [0.5, 0.6) is 0 Å². The van der Waals surface area contributed by atoms with Crippen molar-refractivity contribution in [2.24, 2.45) is 0 Å². The first-order chi connectivity index (χ1) is 30.7. The number of fused-ring (bicyclic) bond motifs is 11. The number of nitrogens with zero attached hydrogens (tertiary/aromatic N) is 3. The summed E-state index contributed by atoms with van der Waals surface area (Å²) in [4.78, 5) is 15.6. The standard InChI is InChI=1S/C57H33N3O2/c1-3-14-34(15-4-1)55-45-30-29-41-46-32-36(28-31-51(46)62-56(41)54(45)42-18-7-9-25-47(42)58-55)37-20-11-22-39-38(37)21-12-23-40(39)48-33-49(60-57(59-48)35-16-5-2-6-17-35)43-24-13-27-52-53(43)44-19-8-10-26-50(44)61-52/h1-33H. The molecule has 0 saturated carbocycles. The molecule has 4 heterocycles. The summed E-state index contributed by atoms with van der Waals surface area (Å²) in [6, 6.07) is 69.5. The van der Waals surface area contributed by atoms with E-state index < -0.39 is 0 Å². The SMILES string of the molecule is c1ccc(-c2nc(-c3cccc4c(-c5ccc6oc7c(ccc8c(-c9ccccc9)nc9ccccc9c87)c6c5)cccc34)cc(-c3cccc4oc5ccccc5c34)n2)cc1. The number of hydrogen-bond acceptors (Lipinski definition) is 5. The highest BCUT2D eigenvalue weighted by molar-refractivity contribution is 6.25. The van der Waals surface area contributed by atoms with Crippen LogP contribution in [-0.2, 0) is 0 Å². The second-order valence-electron chi connectivity index (χ2n) is 15.8. The van der Waals surface area contributed by atoms with Gasteiger partial charge in [0.2, 0.25) is 0 Å². The Morgan fingerprint density at radius 3 is 1.76 bits per heavy atom. The van der Waals surface area contributed by atoms with Crippen molar-refractivity contribution in [2.75, 3.05) is 0 Å². The number of furan rings is 2. The lowest BCUT2D eigenvalue weighted by Crippen LogP contribution is -1.97. The van der Waals surface area contributed by atoms with Crippen LogP contribution in [-0.4, -0.2) is 15.0 Å². The molecule has 0 aliphatic carbocycles. The smallest absolute Gasteiger partial charge is 0.160 e. The van der Waals surface area contributed by atoms with E-state index in [2.05, 4.69) is 146 Å². The van der Waals surface area contributed by atoms with E-state index in [0.29, 0.717) is 5.82 Å². The van der Waals surface area contributed by atoms with Crippen LogP contribution in [0.15, 0.2) is 209 Å². The molecule has 9 aromatic carbocycles.